The van der Waals surface area contributed by atoms with Crippen molar-refractivity contribution in [3.63, 3.8) is 0 Å². The lowest BCUT2D eigenvalue weighted by atomic mass is 10.1. The van der Waals surface area contributed by atoms with E-state index in [1.54, 1.807) is 12.1 Å². The molecular weight excluding hydrogens is 344 g/mol. The minimum atomic E-state index is -0.467. The van der Waals surface area contributed by atoms with Gasteiger partial charge in [0.25, 0.3) is 5.91 Å². The monoisotopic (exact) mass is 366 g/mol. The third kappa shape index (κ3) is 4.79. The number of nitriles is 1. The molecule has 1 unspecified atom stereocenters. The summed E-state index contributed by atoms with van der Waals surface area (Å²) in [6.07, 6.45) is 1.47. The lowest BCUT2D eigenvalue weighted by molar-refractivity contribution is -0.117. The van der Waals surface area contributed by atoms with Crippen LogP contribution in [0.5, 0.6) is 17.2 Å². The van der Waals surface area contributed by atoms with Crippen molar-refractivity contribution >= 4 is 12.0 Å². The molecule has 0 aliphatic heterocycles. The Morgan fingerprint density at radius 2 is 1.63 bits per heavy atom. The van der Waals surface area contributed by atoms with E-state index < -0.39 is 5.91 Å². The Kier molecular flexibility index (Phi) is 6.84. The van der Waals surface area contributed by atoms with Gasteiger partial charge in [-0.1, -0.05) is 30.3 Å². The van der Waals surface area contributed by atoms with E-state index in [9.17, 15) is 10.1 Å². The number of methoxy groups -OCH3 is 3. The number of benzene rings is 2. The zero-order valence-corrected chi connectivity index (χ0v) is 15.8. The maximum Gasteiger partial charge on any atom is 0.262 e. The SMILES string of the molecule is COc1cc(OC)c(OC)cc1/C=C(\C#N)C(=O)NC(C)c1ccccc1. The largest absolute Gasteiger partial charge is 0.496 e. The summed E-state index contributed by atoms with van der Waals surface area (Å²) in [5.74, 6) is 0.960. The molecule has 0 aromatic heterocycles. The number of amides is 1. The third-order valence-electron chi connectivity index (χ3n) is 4.05. The highest BCUT2D eigenvalue weighted by Crippen LogP contribution is 2.35. The normalized spacial score (nSPS) is 11.9. The van der Waals surface area contributed by atoms with Crippen LogP contribution >= 0.6 is 0 Å². The first-order valence-electron chi connectivity index (χ1n) is 8.31. The standard InChI is InChI=1S/C21H22N2O4/c1-14(15-8-6-5-7-9-15)23-21(24)17(13-22)10-16-11-19(26-3)20(27-4)12-18(16)25-2/h5-12,14H,1-4H3,(H,23,24)/b17-10+. The van der Waals surface area contributed by atoms with Gasteiger partial charge in [0.1, 0.15) is 17.4 Å². The molecule has 0 aliphatic rings. The van der Waals surface area contributed by atoms with Gasteiger partial charge in [-0.25, -0.2) is 0 Å². The first-order valence-corrected chi connectivity index (χ1v) is 8.31. The van der Waals surface area contributed by atoms with E-state index in [4.69, 9.17) is 14.2 Å². The number of hydrogen-bond acceptors (Lipinski definition) is 5. The zero-order valence-electron chi connectivity index (χ0n) is 15.8. The van der Waals surface area contributed by atoms with Gasteiger partial charge in [0.05, 0.1) is 27.4 Å². The molecule has 0 spiro atoms. The van der Waals surface area contributed by atoms with Crippen LogP contribution in [0.25, 0.3) is 6.08 Å². The van der Waals surface area contributed by atoms with Crippen molar-refractivity contribution in [2.45, 2.75) is 13.0 Å². The van der Waals surface area contributed by atoms with Gasteiger partial charge in [-0.05, 0) is 24.6 Å². The molecule has 1 N–H and O–H groups in total. The number of hydrogen-bond donors (Lipinski definition) is 1. The van der Waals surface area contributed by atoms with Gasteiger partial charge >= 0.3 is 0 Å². The van der Waals surface area contributed by atoms with Crippen molar-refractivity contribution in [2.24, 2.45) is 0 Å². The number of ether oxygens (including phenoxy) is 3. The van der Waals surface area contributed by atoms with Crippen LogP contribution in [0, 0.1) is 11.3 Å². The van der Waals surface area contributed by atoms with Gasteiger partial charge in [0.2, 0.25) is 0 Å². The second kappa shape index (κ2) is 9.30. The summed E-state index contributed by atoms with van der Waals surface area (Å²) in [4.78, 5) is 12.5. The molecule has 0 aliphatic carbocycles. The number of nitrogens with one attached hydrogen (secondary N) is 1. The highest BCUT2D eigenvalue weighted by atomic mass is 16.5. The van der Waals surface area contributed by atoms with E-state index in [2.05, 4.69) is 5.32 Å². The molecule has 27 heavy (non-hydrogen) atoms. The van der Waals surface area contributed by atoms with Crippen LogP contribution in [0.15, 0.2) is 48.0 Å². The van der Waals surface area contributed by atoms with Crippen molar-refractivity contribution in [3.8, 4) is 23.3 Å². The second-order valence-electron chi connectivity index (χ2n) is 5.72. The summed E-state index contributed by atoms with van der Waals surface area (Å²) in [5, 5.41) is 12.3. The highest BCUT2D eigenvalue weighted by Gasteiger charge is 2.16. The molecule has 0 saturated carbocycles. The Balaban J connectivity index is 2.32. The second-order valence-corrected chi connectivity index (χ2v) is 5.72. The average molecular weight is 366 g/mol. The molecule has 0 fully saturated rings. The Bertz CT molecular complexity index is 870. The summed E-state index contributed by atoms with van der Waals surface area (Å²) in [7, 11) is 4.53. The van der Waals surface area contributed by atoms with Crippen LogP contribution in [0.1, 0.15) is 24.1 Å². The van der Waals surface area contributed by atoms with Gasteiger partial charge in [-0.15, -0.1) is 0 Å². The maximum atomic E-state index is 12.5. The predicted molar refractivity (Wildman–Crippen MR) is 103 cm³/mol. The molecule has 2 aromatic carbocycles. The number of nitrogens with zero attached hydrogens (tertiary/aromatic N) is 1. The Labute approximate surface area is 159 Å². The number of rotatable bonds is 7. The van der Waals surface area contributed by atoms with E-state index in [0.717, 1.165) is 5.56 Å². The predicted octanol–water partition coefficient (Wildman–Crippen LogP) is 3.50. The van der Waals surface area contributed by atoms with Crippen LogP contribution in [0.3, 0.4) is 0 Å². The van der Waals surface area contributed by atoms with E-state index in [1.165, 1.54) is 27.4 Å². The summed E-state index contributed by atoms with van der Waals surface area (Å²) in [6, 6.07) is 14.5. The molecule has 2 aromatic rings. The zero-order chi connectivity index (χ0) is 19.8. The molecule has 6 nitrogen and oxygen atoms in total. The summed E-state index contributed by atoms with van der Waals surface area (Å²) >= 11 is 0. The van der Waals surface area contributed by atoms with Crippen LogP contribution in [-0.2, 0) is 4.79 Å². The lowest BCUT2D eigenvalue weighted by Crippen LogP contribution is -2.27. The van der Waals surface area contributed by atoms with E-state index in [1.807, 2.05) is 43.3 Å². The highest BCUT2D eigenvalue weighted by molar-refractivity contribution is 6.02. The summed E-state index contributed by atoms with van der Waals surface area (Å²) in [6.45, 7) is 1.86. The van der Waals surface area contributed by atoms with Gasteiger partial charge in [-0.2, -0.15) is 5.26 Å². The van der Waals surface area contributed by atoms with E-state index in [0.29, 0.717) is 22.8 Å². The quantitative estimate of drug-likeness (QED) is 0.599. The minimum Gasteiger partial charge on any atom is -0.496 e. The Hall–Kier alpha value is -3.46. The fourth-order valence-electron chi connectivity index (χ4n) is 2.57. The molecule has 0 bridgehead atoms. The molecule has 1 amide bonds. The fraction of sp³-hybridized carbons (Fsp3) is 0.238. The molecule has 0 saturated heterocycles. The topological polar surface area (TPSA) is 80.6 Å². The summed E-state index contributed by atoms with van der Waals surface area (Å²) in [5.41, 5.74) is 1.45. The first kappa shape index (κ1) is 19.9. The first-order chi connectivity index (χ1) is 13.0. The maximum absolute atomic E-state index is 12.5. The van der Waals surface area contributed by atoms with Crippen LogP contribution in [-0.4, -0.2) is 27.2 Å². The van der Waals surface area contributed by atoms with Crippen molar-refractivity contribution in [1.82, 2.24) is 5.32 Å². The van der Waals surface area contributed by atoms with Gasteiger partial charge in [0, 0.05) is 11.6 Å². The Morgan fingerprint density at radius 3 is 2.19 bits per heavy atom. The van der Waals surface area contributed by atoms with Crippen molar-refractivity contribution in [1.29, 1.82) is 5.26 Å². The molecule has 2 rings (SSSR count). The molecule has 0 radical (unpaired) electrons. The smallest absolute Gasteiger partial charge is 0.262 e. The van der Waals surface area contributed by atoms with Gasteiger partial charge in [0.15, 0.2) is 11.5 Å². The molecule has 0 heterocycles. The molecule has 140 valence electrons. The molecule has 6 heteroatoms. The average Bonchev–Trinajstić information content (AvgIpc) is 2.71. The van der Waals surface area contributed by atoms with Gasteiger partial charge < -0.3 is 19.5 Å². The summed E-state index contributed by atoms with van der Waals surface area (Å²) < 4.78 is 15.9. The number of carbonyl (C=O) groups is 1. The van der Waals surface area contributed by atoms with Crippen LogP contribution < -0.4 is 19.5 Å². The van der Waals surface area contributed by atoms with Crippen molar-refractivity contribution in [3.05, 3.63) is 59.2 Å². The minimum absolute atomic E-state index is 0.0386. The molecule has 1 atom stereocenters. The van der Waals surface area contributed by atoms with E-state index in [-0.39, 0.29) is 11.6 Å². The lowest BCUT2D eigenvalue weighted by Gasteiger charge is -2.15. The van der Waals surface area contributed by atoms with Crippen molar-refractivity contribution in [2.75, 3.05) is 21.3 Å². The third-order valence-corrected chi connectivity index (χ3v) is 4.05. The number of carbonyl (C=O) groups excluding carboxylic acids is 1. The fourth-order valence-corrected chi connectivity index (χ4v) is 2.57. The molecular formula is C21H22N2O4. The Morgan fingerprint density at radius 1 is 1.04 bits per heavy atom. The van der Waals surface area contributed by atoms with Crippen LogP contribution in [0.4, 0.5) is 0 Å². The van der Waals surface area contributed by atoms with Crippen LogP contribution in [0.2, 0.25) is 0 Å². The van der Waals surface area contributed by atoms with Gasteiger partial charge in [-0.3, -0.25) is 4.79 Å². The van der Waals surface area contributed by atoms with Crippen molar-refractivity contribution < 1.29 is 19.0 Å². The van der Waals surface area contributed by atoms with E-state index >= 15 is 0 Å².